The summed E-state index contributed by atoms with van der Waals surface area (Å²) >= 11 is 11.9. The third-order valence-corrected chi connectivity index (χ3v) is 2.96. The van der Waals surface area contributed by atoms with Crippen molar-refractivity contribution in [1.82, 2.24) is 4.98 Å². The van der Waals surface area contributed by atoms with Gasteiger partial charge in [-0.25, -0.2) is 0 Å². The van der Waals surface area contributed by atoms with Crippen molar-refractivity contribution in [2.45, 2.75) is 6.42 Å². The Morgan fingerprint density at radius 1 is 1.12 bits per heavy atom. The third kappa shape index (κ3) is 3.05. The molecule has 17 heavy (non-hydrogen) atoms. The Hall–Kier alpha value is -1.38. The molecular weight excluding hydrogens is 257 g/mol. The Kier molecular flexibility index (Phi) is 3.77. The highest BCUT2D eigenvalue weighted by atomic mass is 35.5. The van der Waals surface area contributed by atoms with Crippen LogP contribution in [-0.4, -0.2) is 10.8 Å². The first-order valence-corrected chi connectivity index (χ1v) is 5.79. The van der Waals surface area contributed by atoms with Crippen molar-refractivity contribution in [2.24, 2.45) is 0 Å². The molecule has 0 saturated heterocycles. The Labute approximate surface area is 109 Å². The number of carbonyl (C=O) groups excluding carboxylic acids is 1. The molecule has 0 radical (unpaired) electrons. The number of pyridine rings is 1. The van der Waals surface area contributed by atoms with Crippen LogP contribution in [0.15, 0.2) is 42.7 Å². The second-order valence-corrected chi connectivity index (χ2v) is 4.42. The molecule has 0 spiro atoms. The molecular formula is C13H9Cl2NO. The molecule has 0 aliphatic heterocycles. The minimum Gasteiger partial charge on any atom is -0.294 e. The first-order chi connectivity index (χ1) is 8.16. The second kappa shape index (κ2) is 5.30. The predicted molar refractivity (Wildman–Crippen MR) is 68.7 cm³/mol. The van der Waals surface area contributed by atoms with E-state index in [4.69, 9.17) is 23.2 Å². The van der Waals surface area contributed by atoms with Gasteiger partial charge in [0.1, 0.15) is 0 Å². The SMILES string of the molecule is O=C(Cc1cc(Cl)ccc1Cl)c1ccncc1. The van der Waals surface area contributed by atoms with Crippen molar-refractivity contribution in [3.8, 4) is 0 Å². The zero-order valence-corrected chi connectivity index (χ0v) is 10.4. The van der Waals surface area contributed by atoms with Crippen LogP contribution < -0.4 is 0 Å². The smallest absolute Gasteiger partial charge is 0.167 e. The normalized spacial score (nSPS) is 10.2. The lowest BCUT2D eigenvalue weighted by Crippen LogP contribution is -2.04. The number of ketones is 1. The first-order valence-electron chi connectivity index (χ1n) is 5.04. The molecule has 2 aromatic rings. The van der Waals surface area contributed by atoms with E-state index in [1.807, 2.05) is 0 Å². The van der Waals surface area contributed by atoms with Crippen LogP contribution in [-0.2, 0) is 6.42 Å². The van der Waals surface area contributed by atoms with Gasteiger partial charge in [0.2, 0.25) is 0 Å². The van der Waals surface area contributed by atoms with Crippen molar-refractivity contribution >= 4 is 29.0 Å². The topological polar surface area (TPSA) is 30.0 Å². The Bertz CT molecular complexity index is 540. The lowest BCUT2D eigenvalue weighted by Gasteiger charge is -2.04. The van der Waals surface area contributed by atoms with Gasteiger partial charge in [-0.1, -0.05) is 23.2 Å². The van der Waals surface area contributed by atoms with Crippen molar-refractivity contribution < 1.29 is 4.79 Å². The van der Waals surface area contributed by atoms with Crippen LogP contribution in [0, 0.1) is 0 Å². The van der Waals surface area contributed by atoms with Crippen molar-refractivity contribution in [3.05, 3.63) is 63.9 Å². The molecule has 0 amide bonds. The molecule has 0 N–H and O–H groups in total. The van der Waals surface area contributed by atoms with Crippen LogP contribution in [0.25, 0.3) is 0 Å². The zero-order chi connectivity index (χ0) is 12.3. The summed E-state index contributed by atoms with van der Waals surface area (Å²) in [5, 5.41) is 1.13. The largest absolute Gasteiger partial charge is 0.294 e. The van der Waals surface area contributed by atoms with Gasteiger partial charge in [-0.15, -0.1) is 0 Å². The Morgan fingerprint density at radius 3 is 2.53 bits per heavy atom. The van der Waals surface area contributed by atoms with E-state index in [1.54, 1.807) is 42.7 Å². The summed E-state index contributed by atoms with van der Waals surface area (Å²) in [6, 6.07) is 8.47. The fourth-order valence-electron chi connectivity index (χ4n) is 1.49. The quantitative estimate of drug-likeness (QED) is 0.790. The zero-order valence-electron chi connectivity index (χ0n) is 8.86. The van der Waals surface area contributed by atoms with Crippen LogP contribution in [0.1, 0.15) is 15.9 Å². The fourth-order valence-corrected chi connectivity index (χ4v) is 1.87. The van der Waals surface area contributed by atoms with E-state index < -0.39 is 0 Å². The standard InChI is InChI=1S/C13H9Cl2NO/c14-11-1-2-12(15)10(7-11)8-13(17)9-3-5-16-6-4-9/h1-7H,8H2. The average molecular weight is 266 g/mol. The van der Waals surface area contributed by atoms with Crippen LogP contribution in [0.4, 0.5) is 0 Å². The van der Waals surface area contributed by atoms with Gasteiger partial charge in [-0.05, 0) is 35.9 Å². The van der Waals surface area contributed by atoms with Gasteiger partial charge in [0.05, 0.1) is 0 Å². The summed E-state index contributed by atoms with van der Waals surface area (Å²) in [5.41, 5.74) is 1.36. The fraction of sp³-hybridized carbons (Fsp3) is 0.0769. The number of benzene rings is 1. The molecule has 0 aliphatic carbocycles. The molecule has 0 saturated carbocycles. The van der Waals surface area contributed by atoms with Crippen molar-refractivity contribution in [1.29, 1.82) is 0 Å². The van der Waals surface area contributed by atoms with E-state index >= 15 is 0 Å². The summed E-state index contributed by atoms with van der Waals surface area (Å²) in [6.07, 6.45) is 3.42. The monoisotopic (exact) mass is 265 g/mol. The summed E-state index contributed by atoms with van der Waals surface area (Å²) in [4.78, 5) is 15.8. The van der Waals surface area contributed by atoms with Gasteiger partial charge >= 0.3 is 0 Å². The highest BCUT2D eigenvalue weighted by Gasteiger charge is 2.09. The highest BCUT2D eigenvalue weighted by molar-refractivity contribution is 6.33. The molecule has 1 aromatic carbocycles. The van der Waals surface area contributed by atoms with E-state index in [9.17, 15) is 4.79 Å². The molecule has 1 heterocycles. The maximum Gasteiger partial charge on any atom is 0.167 e. The van der Waals surface area contributed by atoms with Gasteiger partial charge in [-0.2, -0.15) is 0 Å². The number of aromatic nitrogens is 1. The first kappa shape index (κ1) is 12.1. The van der Waals surface area contributed by atoms with Crippen LogP contribution in [0.3, 0.4) is 0 Å². The number of carbonyl (C=O) groups is 1. The molecule has 2 rings (SSSR count). The van der Waals surface area contributed by atoms with Gasteiger partial charge in [0.15, 0.2) is 5.78 Å². The van der Waals surface area contributed by atoms with E-state index in [0.29, 0.717) is 15.6 Å². The molecule has 4 heteroatoms. The molecule has 0 aliphatic rings. The third-order valence-electron chi connectivity index (χ3n) is 2.36. The molecule has 0 fully saturated rings. The number of hydrogen-bond acceptors (Lipinski definition) is 2. The van der Waals surface area contributed by atoms with Gasteiger partial charge < -0.3 is 0 Å². The maximum absolute atomic E-state index is 11.9. The number of Topliss-reactive ketones (excluding diaryl/α,β-unsaturated/α-hetero) is 1. The number of rotatable bonds is 3. The second-order valence-electron chi connectivity index (χ2n) is 3.57. The van der Waals surface area contributed by atoms with Gasteiger partial charge in [0.25, 0.3) is 0 Å². The van der Waals surface area contributed by atoms with Crippen LogP contribution in [0.2, 0.25) is 10.0 Å². The van der Waals surface area contributed by atoms with Crippen LogP contribution in [0.5, 0.6) is 0 Å². The predicted octanol–water partition coefficient (Wildman–Crippen LogP) is 3.81. The minimum atomic E-state index is -0.00318. The van der Waals surface area contributed by atoms with E-state index in [1.165, 1.54) is 0 Å². The molecule has 1 aromatic heterocycles. The minimum absolute atomic E-state index is 0.00318. The van der Waals surface area contributed by atoms with E-state index in [-0.39, 0.29) is 12.2 Å². The average Bonchev–Trinajstić information content (AvgIpc) is 2.35. The summed E-state index contributed by atoms with van der Waals surface area (Å²) in [7, 11) is 0. The lowest BCUT2D eigenvalue weighted by molar-refractivity contribution is 0.0993. The summed E-state index contributed by atoms with van der Waals surface area (Å²) in [5.74, 6) is -0.00318. The maximum atomic E-state index is 11.9. The molecule has 2 nitrogen and oxygen atoms in total. The highest BCUT2D eigenvalue weighted by Crippen LogP contribution is 2.22. The number of nitrogens with zero attached hydrogens (tertiary/aromatic N) is 1. The van der Waals surface area contributed by atoms with Crippen molar-refractivity contribution in [3.63, 3.8) is 0 Å². The molecule has 86 valence electrons. The molecule has 0 unspecified atom stereocenters. The van der Waals surface area contributed by atoms with Gasteiger partial charge in [0, 0.05) is 34.4 Å². The Morgan fingerprint density at radius 2 is 1.82 bits per heavy atom. The van der Waals surface area contributed by atoms with E-state index in [0.717, 1.165) is 5.56 Å². The summed E-state index contributed by atoms with van der Waals surface area (Å²) in [6.45, 7) is 0. The van der Waals surface area contributed by atoms with E-state index in [2.05, 4.69) is 4.98 Å². The molecule has 0 bridgehead atoms. The lowest BCUT2D eigenvalue weighted by atomic mass is 10.0. The Balaban J connectivity index is 2.22. The number of halogens is 2. The summed E-state index contributed by atoms with van der Waals surface area (Å²) < 4.78 is 0. The van der Waals surface area contributed by atoms with Crippen LogP contribution >= 0.6 is 23.2 Å². The van der Waals surface area contributed by atoms with Crippen molar-refractivity contribution in [2.75, 3.05) is 0 Å². The molecule has 0 atom stereocenters. The number of hydrogen-bond donors (Lipinski definition) is 0. The van der Waals surface area contributed by atoms with Gasteiger partial charge in [-0.3, -0.25) is 9.78 Å².